The average molecular weight is 312 g/mol. The van der Waals surface area contributed by atoms with Gasteiger partial charge < -0.3 is 15.2 Å². The van der Waals surface area contributed by atoms with E-state index in [0.29, 0.717) is 23.1 Å². The van der Waals surface area contributed by atoms with Crippen LogP contribution in [0.3, 0.4) is 0 Å². The van der Waals surface area contributed by atoms with Crippen LogP contribution in [0.4, 0.5) is 5.82 Å². The van der Waals surface area contributed by atoms with Crippen molar-refractivity contribution < 1.29 is 4.52 Å². The Morgan fingerprint density at radius 3 is 3.17 bits per heavy atom. The first kappa shape index (κ1) is 13.8. The summed E-state index contributed by atoms with van der Waals surface area (Å²) in [4.78, 5) is 22.1. The quantitative estimate of drug-likeness (QED) is 0.736. The van der Waals surface area contributed by atoms with Gasteiger partial charge in [0, 0.05) is 18.6 Å². The molecular formula is C14H16N8O. The number of hydrogen-bond donors (Lipinski definition) is 2. The molecule has 9 heteroatoms. The number of nitrogens with zero attached hydrogens (tertiary/aromatic N) is 6. The fourth-order valence-corrected chi connectivity index (χ4v) is 2.86. The molecule has 1 atom stereocenters. The van der Waals surface area contributed by atoms with Crippen LogP contribution in [-0.2, 0) is 6.54 Å². The molecule has 9 nitrogen and oxygen atoms in total. The van der Waals surface area contributed by atoms with E-state index >= 15 is 0 Å². The van der Waals surface area contributed by atoms with Crippen molar-refractivity contribution in [3.63, 3.8) is 0 Å². The lowest BCUT2D eigenvalue weighted by atomic mass is 10.2. The van der Waals surface area contributed by atoms with Crippen molar-refractivity contribution in [3.8, 4) is 11.4 Å². The summed E-state index contributed by atoms with van der Waals surface area (Å²) >= 11 is 0. The Labute approximate surface area is 132 Å². The first-order valence-corrected chi connectivity index (χ1v) is 7.43. The van der Waals surface area contributed by atoms with Crippen molar-refractivity contribution in [2.24, 2.45) is 0 Å². The maximum Gasteiger partial charge on any atom is 0.244 e. The largest absolute Gasteiger partial charge is 0.383 e. The van der Waals surface area contributed by atoms with Gasteiger partial charge in [-0.15, -0.1) is 0 Å². The maximum atomic E-state index is 5.84. The second-order valence-corrected chi connectivity index (χ2v) is 5.44. The number of nitrogens with two attached hydrogens (primary N) is 1. The van der Waals surface area contributed by atoms with E-state index in [-0.39, 0.29) is 6.04 Å². The van der Waals surface area contributed by atoms with Gasteiger partial charge in [0.25, 0.3) is 0 Å². The lowest BCUT2D eigenvalue weighted by molar-refractivity contribution is 0.197. The molecule has 0 saturated carbocycles. The van der Waals surface area contributed by atoms with Crippen molar-refractivity contribution in [2.45, 2.75) is 25.4 Å². The fraction of sp³-hybridized carbons (Fsp3) is 0.357. The maximum absolute atomic E-state index is 5.84. The molecule has 0 radical (unpaired) electrons. The topological polar surface area (TPSA) is 123 Å². The second-order valence-electron chi connectivity index (χ2n) is 5.44. The number of H-pyrrole nitrogens is 1. The highest BCUT2D eigenvalue weighted by atomic mass is 16.5. The molecule has 1 aliphatic heterocycles. The van der Waals surface area contributed by atoms with E-state index in [0.717, 1.165) is 31.8 Å². The van der Waals surface area contributed by atoms with Gasteiger partial charge in [0.1, 0.15) is 18.0 Å². The zero-order valence-corrected chi connectivity index (χ0v) is 12.4. The van der Waals surface area contributed by atoms with Crippen molar-refractivity contribution >= 4 is 5.82 Å². The Morgan fingerprint density at radius 2 is 2.35 bits per heavy atom. The van der Waals surface area contributed by atoms with Crippen LogP contribution in [0, 0.1) is 0 Å². The SMILES string of the molecule is Nc1ncncc1-c1noc([C@@H]2CCCN2Cc2ncc[nH]2)n1. The zero-order valence-electron chi connectivity index (χ0n) is 12.4. The number of nitrogens with one attached hydrogen (secondary N) is 1. The van der Waals surface area contributed by atoms with Gasteiger partial charge in [-0.2, -0.15) is 4.98 Å². The van der Waals surface area contributed by atoms with Crippen LogP contribution in [0.5, 0.6) is 0 Å². The predicted molar refractivity (Wildman–Crippen MR) is 80.7 cm³/mol. The molecule has 0 aliphatic carbocycles. The third-order valence-corrected chi connectivity index (χ3v) is 3.98. The van der Waals surface area contributed by atoms with Crippen molar-refractivity contribution in [2.75, 3.05) is 12.3 Å². The molecule has 3 aromatic heterocycles. The van der Waals surface area contributed by atoms with E-state index < -0.39 is 0 Å². The monoisotopic (exact) mass is 312 g/mol. The summed E-state index contributed by atoms with van der Waals surface area (Å²) in [5.41, 5.74) is 6.42. The Morgan fingerprint density at radius 1 is 1.39 bits per heavy atom. The van der Waals surface area contributed by atoms with Crippen molar-refractivity contribution in [1.29, 1.82) is 0 Å². The third-order valence-electron chi connectivity index (χ3n) is 3.98. The van der Waals surface area contributed by atoms with Crippen LogP contribution < -0.4 is 5.73 Å². The Bertz CT molecular complexity index is 784. The average Bonchev–Trinajstić information content (AvgIpc) is 3.28. The summed E-state index contributed by atoms with van der Waals surface area (Å²) in [6.07, 6.45) is 8.61. The zero-order chi connectivity index (χ0) is 15.6. The summed E-state index contributed by atoms with van der Waals surface area (Å²) in [5, 5.41) is 4.03. The first-order chi connectivity index (χ1) is 11.3. The van der Waals surface area contributed by atoms with Gasteiger partial charge in [0.05, 0.1) is 18.2 Å². The van der Waals surface area contributed by atoms with Crippen LogP contribution in [0.1, 0.15) is 30.6 Å². The standard InChI is InChI=1S/C14H16N8O/c15-12-9(6-16-8-19-12)13-20-14(23-21-13)10-2-1-5-22(10)7-11-17-3-4-18-11/h3-4,6,8,10H,1-2,5,7H2,(H,17,18)(H2,15,16,19)/t10-/m0/s1. The highest BCUT2D eigenvalue weighted by molar-refractivity contribution is 5.66. The molecule has 118 valence electrons. The number of likely N-dealkylation sites (tertiary alicyclic amines) is 1. The minimum absolute atomic E-state index is 0.0900. The number of anilines is 1. The van der Waals surface area contributed by atoms with E-state index in [4.69, 9.17) is 10.3 Å². The van der Waals surface area contributed by atoms with Crippen LogP contribution in [0.15, 0.2) is 29.4 Å². The van der Waals surface area contributed by atoms with Crippen LogP contribution in [0.2, 0.25) is 0 Å². The van der Waals surface area contributed by atoms with Gasteiger partial charge in [-0.1, -0.05) is 5.16 Å². The molecule has 0 aromatic carbocycles. The molecule has 3 aromatic rings. The summed E-state index contributed by atoms with van der Waals surface area (Å²) in [6, 6.07) is 0.0900. The number of imidazole rings is 1. The van der Waals surface area contributed by atoms with Gasteiger partial charge in [0.15, 0.2) is 0 Å². The molecule has 0 amide bonds. The number of rotatable bonds is 4. The van der Waals surface area contributed by atoms with E-state index in [2.05, 4.69) is 35.0 Å². The molecule has 1 saturated heterocycles. The Hall–Kier alpha value is -2.81. The molecule has 4 heterocycles. The lowest BCUT2D eigenvalue weighted by Gasteiger charge is -2.19. The molecule has 0 spiro atoms. The number of aromatic nitrogens is 6. The fourth-order valence-electron chi connectivity index (χ4n) is 2.86. The van der Waals surface area contributed by atoms with Crippen molar-refractivity contribution in [1.82, 2.24) is 35.0 Å². The van der Waals surface area contributed by atoms with Crippen molar-refractivity contribution in [3.05, 3.63) is 36.6 Å². The van der Waals surface area contributed by atoms with E-state index in [9.17, 15) is 0 Å². The van der Waals surface area contributed by atoms with Gasteiger partial charge in [-0.05, 0) is 19.4 Å². The van der Waals surface area contributed by atoms with Gasteiger partial charge in [-0.25, -0.2) is 15.0 Å². The number of hydrogen-bond acceptors (Lipinski definition) is 8. The van der Waals surface area contributed by atoms with Crippen LogP contribution in [-0.4, -0.2) is 41.5 Å². The molecule has 0 unspecified atom stereocenters. The molecule has 1 aliphatic rings. The van der Waals surface area contributed by atoms with Crippen LogP contribution in [0.25, 0.3) is 11.4 Å². The molecule has 4 rings (SSSR count). The van der Waals surface area contributed by atoms with E-state index in [1.807, 2.05) is 6.20 Å². The molecule has 0 bridgehead atoms. The molecular weight excluding hydrogens is 296 g/mol. The van der Waals surface area contributed by atoms with E-state index in [1.165, 1.54) is 6.33 Å². The van der Waals surface area contributed by atoms with Gasteiger partial charge in [-0.3, -0.25) is 4.90 Å². The lowest BCUT2D eigenvalue weighted by Crippen LogP contribution is -2.23. The summed E-state index contributed by atoms with van der Waals surface area (Å²) in [7, 11) is 0. The summed E-state index contributed by atoms with van der Waals surface area (Å²) in [6.45, 7) is 1.70. The van der Waals surface area contributed by atoms with Gasteiger partial charge >= 0.3 is 0 Å². The third kappa shape index (κ3) is 2.66. The first-order valence-electron chi connectivity index (χ1n) is 7.43. The molecule has 3 N–H and O–H groups in total. The number of aromatic amines is 1. The predicted octanol–water partition coefficient (Wildman–Crippen LogP) is 1.17. The summed E-state index contributed by atoms with van der Waals surface area (Å²) in [5.74, 6) is 2.28. The highest BCUT2D eigenvalue weighted by Crippen LogP contribution is 2.33. The minimum Gasteiger partial charge on any atom is -0.383 e. The Kier molecular flexibility index (Phi) is 3.46. The smallest absolute Gasteiger partial charge is 0.244 e. The normalized spacial score (nSPS) is 18.5. The molecule has 1 fully saturated rings. The van der Waals surface area contributed by atoms with Gasteiger partial charge in [0.2, 0.25) is 11.7 Å². The minimum atomic E-state index is 0.0900. The van der Waals surface area contributed by atoms with Crippen LogP contribution >= 0.6 is 0 Å². The molecule has 23 heavy (non-hydrogen) atoms. The highest BCUT2D eigenvalue weighted by Gasteiger charge is 2.31. The van der Waals surface area contributed by atoms with E-state index in [1.54, 1.807) is 12.4 Å². The summed E-state index contributed by atoms with van der Waals surface area (Å²) < 4.78 is 5.46. The Balaban J connectivity index is 1.57. The number of nitrogen functional groups attached to an aromatic ring is 1. The second kappa shape index (κ2) is 5.76.